The smallest absolute Gasteiger partial charge is 0.291 e. The van der Waals surface area contributed by atoms with E-state index in [1.807, 2.05) is 13.8 Å². The van der Waals surface area contributed by atoms with Crippen molar-refractivity contribution in [3.05, 3.63) is 46.9 Å². The predicted molar refractivity (Wildman–Crippen MR) is 95.0 cm³/mol. The summed E-state index contributed by atoms with van der Waals surface area (Å²) in [5.74, 6) is 1.41. The summed E-state index contributed by atoms with van der Waals surface area (Å²) < 4.78 is 10.9. The number of furan rings is 1. The maximum atomic E-state index is 12.5. The van der Waals surface area contributed by atoms with Crippen LogP contribution >= 0.6 is 0 Å². The molecule has 0 spiro atoms. The Bertz CT molecular complexity index is 721. The molecule has 3 N–H and O–H groups in total. The Kier molecular flexibility index (Phi) is 5.87. The summed E-state index contributed by atoms with van der Waals surface area (Å²) in [4.78, 5) is 12.5. The molecular weight excluding hydrogens is 322 g/mol. The fourth-order valence-corrected chi connectivity index (χ4v) is 2.63. The van der Waals surface area contributed by atoms with Crippen molar-refractivity contribution < 1.29 is 24.2 Å². The third-order valence-electron chi connectivity index (χ3n) is 3.93. The summed E-state index contributed by atoms with van der Waals surface area (Å²) in [5.41, 5.74) is 1.72. The highest BCUT2D eigenvalue weighted by Gasteiger charge is 2.21. The fourth-order valence-electron chi connectivity index (χ4n) is 2.63. The zero-order chi connectivity index (χ0) is 18.7. The van der Waals surface area contributed by atoms with E-state index in [1.54, 1.807) is 12.1 Å². The van der Waals surface area contributed by atoms with E-state index in [0.717, 1.165) is 11.3 Å². The van der Waals surface area contributed by atoms with Gasteiger partial charge in [0.2, 0.25) is 0 Å². The molecule has 0 saturated heterocycles. The van der Waals surface area contributed by atoms with Gasteiger partial charge in [0.1, 0.15) is 11.5 Å². The van der Waals surface area contributed by atoms with Crippen LogP contribution in [0.25, 0.3) is 0 Å². The van der Waals surface area contributed by atoms with Crippen LogP contribution in [0.4, 0.5) is 5.69 Å². The number of carbonyl (C=O) groups is 1. The van der Waals surface area contributed by atoms with E-state index in [4.69, 9.17) is 9.15 Å². The lowest BCUT2D eigenvalue weighted by Crippen LogP contribution is -2.11. The lowest BCUT2D eigenvalue weighted by Gasteiger charge is -2.12. The van der Waals surface area contributed by atoms with Crippen LogP contribution in [0.2, 0.25) is 0 Å². The molecule has 0 atom stereocenters. The molecule has 1 aromatic carbocycles. The molecule has 0 bridgehead atoms. The van der Waals surface area contributed by atoms with Gasteiger partial charge in [-0.25, -0.2) is 0 Å². The van der Waals surface area contributed by atoms with Gasteiger partial charge in [-0.1, -0.05) is 27.7 Å². The molecule has 0 saturated carbocycles. The highest BCUT2D eigenvalue weighted by Crippen LogP contribution is 2.31. The van der Waals surface area contributed by atoms with Gasteiger partial charge in [-0.05, 0) is 29.7 Å². The van der Waals surface area contributed by atoms with Gasteiger partial charge in [0.05, 0.1) is 7.11 Å². The van der Waals surface area contributed by atoms with E-state index < -0.39 is 6.29 Å². The number of methoxy groups -OCH3 is 1. The van der Waals surface area contributed by atoms with Crippen molar-refractivity contribution in [1.29, 1.82) is 0 Å². The molecule has 0 aliphatic rings. The number of benzene rings is 1. The van der Waals surface area contributed by atoms with Crippen LogP contribution < -0.4 is 10.1 Å². The number of aliphatic hydroxyl groups excluding tert-OH is 1. The van der Waals surface area contributed by atoms with Gasteiger partial charge in [-0.3, -0.25) is 4.79 Å². The van der Waals surface area contributed by atoms with Crippen LogP contribution in [0.3, 0.4) is 0 Å². The van der Waals surface area contributed by atoms with Crippen molar-refractivity contribution in [2.75, 3.05) is 12.4 Å². The highest BCUT2D eigenvalue weighted by molar-refractivity contribution is 6.02. The maximum absolute atomic E-state index is 12.5. The zero-order valence-corrected chi connectivity index (χ0v) is 15.2. The molecule has 1 amide bonds. The maximum Gasteiger partial charge on any atom is 0.291 e. The average molecular weight is 347 g/mol. The summed E-state index contributed by atoms with van der Waals surface area (Å²) in [6.07, 6.45) is -1.65. The molecular formula is C19H25NO5. The standard InChI is InChI=1S/C19H25NO5/c1-10(2)14-9-16(25-17(14)11(3)4)18(21)20-12-6-7-13(19(22)23)15(8-12)24-5/h6-11,19,22-23H,1-5H3,(H,20,21). The topological polar surface area (TPSA) is 91.9 Å². The molecule has 0 aliphatic carbocycles. The number of nitrogens with one attached hydrogen (secondary N) is 1. The number of hydrogen-bond acceptors (Lipinski definition) is 5. The van der Waals surface area contributed by atoms with Crippen molar-refractivity contribution >= 4 is 11.6 Å². The minimum atomic E-state index is -1.65. The molecule has 2 rings (SSSR count). The van der Waals surface area contributed by atoms with Gasteiger partial charge < -0.3 is 24.7 Å². The molecule has 136 valence electrons. The Hall–Kier alpha value is -2.31. The molecule has 6 heteroatoms. The van der Waals surface area contributed by atoms with Crippen LogP contribution in [0.15, 0.2) is 28.7 Å². The first kappa shape index (κ1) is 19.0. The van der Waals surface area contributed by atoms with Crippen LogP contribution in [-0.2, 0) is 0 Å². The second-order valence-electron chi connectivity index (χ2n) is 6.52. The Morgan fingerprint density at radius 2 is 1.76 bits per heavy atom. The van der Waals surface area contributed by atoms with Gasteiger partial charge in [0.15, 0.2) is 12.1 Å². The fraction of sp³-hybridized carbons (Fsp3) is 0.421. The molecule has 1 aromatic heterocycles. The van der Waals surface area contributed by atoms with Crippen LogP contribution in [0.1, 0.15) is 73.3 Å². The van der Waals surface area contributed by atoms with E-state index in [0.29, 0.717) is 5.69 Å². The first-order valence-corrected chi connectivity index (χ1v) is 8.23. The third-order valence-corrected chi connectivity index (χ3v) is 3.93. The lowest BCUT2D eigenvalue weighted by atomic mass is 9.98. The predicted octanol–water partition coefficient (Wildman–Crippen LogP) is 3.77. The summed E-state index contributed by atoms with van der Waals surface area (Å²) in [6, 6.07) is 6.37. The summed E-state index contributed by atoms with van der Waals surface area (Å²) >= 11 is 0. The summed E-state index contributed by atoms with van der Waals surface area (Å²) in [6.45, 7) is 8.16. The van der Waals surface area contributed by atoms with Crippen molar-refractivity contribution in [3.8, 4) is 5.75 Å². The van der Waals surface area contributed by atoms with E-state index in [9.17, 15) is 15.0 Å². The summed E-state index contributed by atoms with van der Waals surface area (Å²) in [5, 5.41) is 21.3. The van der Waals surface area contributed by atoms with Gasteiger partial charge in [0, 0.05) is 23.2 Å². The van der Waals surface area contributed by atoms with Crippen molar-refractivity contribution in [1.82, 2.24) is 0 Å². The Morgan fingerprint density at radius 3 is 2.24 bits per heavy atom. The molecule has 1 heterocycles. The SMILES string of the molecule is COc1cc(NC(=O)c2cc(C(C)C)c(C(C)C)o2)ccc1C(O)O. The van der Waals surface area contributed by atoms with E-state index in [-0.39, 0.29) is 34.8 Å². The number of amides is 1. The molecule has 2 aromatic rings. The van der Waals surface area contributed by atoms with Crippen molar-refractivity contribution in [2.45, 2.75) is 45.8 Å². The quantitative estimate of drug-likeness (QED) is 0.692. The van der Waals surface area contributed by atoms with E-state index >= 15 is 0 Å². The second-order valence-corrected chi connectivity index (χ2v) is 6.52. The average Bonchev–Trinajstić information content (AvgIpc) is 3.00. The van der Waals surface area contributed by atoms with Gasteiger partial charge >= 0.3 is 0 Å². The monoisotopic (exact) mass is 347 g/mol. The largest absolute Gasteiger partial charge is 0.496 e. The highest BCUT2D eigenvalue weighted by atomic mass is 16.5. The zero-order valence-electron chi connectivity index (χ0n) is 15.2. The second kappa shape index (κ2) is 7.72. The normalized spacial score (nSPS) is 11.4. The van der Waals surface area contributed by atoms with Crippen molar-refractivity contribution in [3.63, 3.8) is 0 Å². The number of anilines is 1. The lowest BCUT2D eigenvalue weighted by molar-refractivity contribution is -0.0438. The van der Waals surface area contributed by atoms with Crippen LogP contribution in [0.5, 0.6) is 5.75 Å². The minimum absolute atomic E-state index is 0.185. The summed E-state index contributed by atoms with van der Waals surface area (Å²) in [7, 11) is 1.42. The third kappa shape index (κ3) is 4.21. The molecule has 0 aliphatic heterocycles. The Morgan fingerprint density at radius 1 is 1.08 bits per heavy atom. The van der Waals surface area contributed by atoms with E-state index in [1.165, 1.54) is 19.2 Å². The Labute approximate surface area is 147 Å². The Balaban J connectivity index is 2.27. The molecule has 6 nitrogen and oxygen atoms in total. The van der Waals surface area contributed by atoms with Crippen LogP contribution in [-0.4, -0.2) is 23.2 Å². The number of ether oxygens (including phenoxy) is 1. The molecule has 0 unspecified atom stereocenters. The van der Waals surface area contributed by atoms with Gasteiger partial charge in [0.25, 0.3) is 5.91 Å². The van der Waals surface area contributed by atoms with Crippen molar-refractivity contribution in [2.24, 2.45) is 0 Å². The van der Waals surface area contributed by atoms with Gasteiger partial charge in [-0.2, -0.15) is 0 Å². The molecule has 0 fully saturated rings. The number of hydrogen-bond donors (Lipinski definition) is 3. The number of rotatable bonds is 6. The molecule has 25 heavy (non-hydrogen) atoms. The molecule has 0 radical (unpaired) electrons. The first-order chi connectivity index (χ1) is 11.7. The van der Waals surface area contributed by atoms with Gasteiger partial charge in [-0.15, -0.1) is 0 Å². The number of carbonyl (C=O) groups excluding carboxylic acids is 1. The minimum Gasteiger partial charge on any atom is -0.496 e. The van der Waals surface area contributed by atoms with E-state index in [2.05, 4.69) is 19.2 Å². The first-order valence-electron chi connectivity index (χ1n) is 8.23. The van der Waals surface area contributed by atoms with Crippen LogP contribution in [0, 0.1) is 0 Å². The number of aliphatic hydroxyl groups is 2.